The van der Waals surface area contributed by atoms with Gasteiger partial charge in [0.05, 0.1) is 11.6 Å². The minimum Gasteiger partial charge on any atom is -0.320 e. The van der Waals surface area contributed by atoms with E-state index in [1.54, 1.807) is 25.4 Å². The van der Waals surface area contributed by atoms with Crippen LogP contribution < -0.4 is 10.6 Å². The van der Waals surface area contributed by atoms with Gasteiger partial charge in [-0.2, -0.15) is 13.5 Å². The number of nitrogens with two attached hydrogens (primary N) is 1. The van der Waals surface area contributed by atoms with Gasteiger partial charge in [0.15, 0.2) is 0 Å². The van der Waals surface area contributed by atoms with Crippen molar-refractivity contribution in [3.05, 3.63) is 66.1 Å². The lowest BCUT2D eigenvalue weighted by Gasteiger charge is -2.22. The van der Waals surface area contributed by atoms with Crippen molar-refractivity contribution in [2.45, 2.75) is 12.5 Å². The Balaban J connectivity index is 0.00000243. The number of rotatable bonds is 4. The molecule has 2 aromatic carbocycles. The number of halogens is 2. The van der Waals surface area contributed by atoms with Crippen LogP contribution in [0, 0.1) is 11.6 Å². The van der Waals surface area contributed by atoms with Gasteiger partial charge in [0, 0.05) is 30.4 Å². The van der Waals surface area contributed by atoms with Crippen molar-refractivity contribution < 1.29 is 13.6 Å². The third-order valence-electron chi connectivity index (χ3n) is 3.90. The van der Waals surface area contributed by atoms with Gasteiger partial charge in [-0.1, -0.05) is 0 Å². The van der Waals surface area contributed by atoms with Crippen LogP contribution in [0.3, 0.4) is 0 Å². The van der Waals surface area contributed by atoms with Gasteiger partial charge >= 0.3 is 0 Å². The predicted octanol–water partition coefficient (Wildman–Crippen LogP) is 2.55. The SMILES string of the molecule is CN(C(=O)[C@@H](N)Cc1cc(F)cc(F)c1)c1ccc2cncnc2c1.S. The zero-order chi connectivity index (χ0) is 18.0. The number of anilines is 1. The number of hydrogen-bond donors (Lipinski definition) is 1. The second-order valence-corrected chi connectivity index (χ2v) is 5.75. The van der Waals surface area contributed by atoms with Crippen LogP contribution in [0.25, 0.3) is 10.9 Å². The van der Waals surface area contributed by atoms with Crippen molar-refractivity contribution in [1.82, 2.24) is 9.97 Å². The molecule has 8 heteroatoms. The summed E-state index contributed by atoms with van der Waals surface area (Å²) in [4.78, 5) is 22.0. The van der Waals surface area contributed by atoms with E-state index in [1.165, 1.54) is 23.4 Å². The van der Waals surface area contributed by atoms with Crippen LogP contribution in [0.15, 0.2) is 48.9 Å². The van der Waals surface area contributed by atoms with E-state index in [1.807, 2.05) is 6.07 Å². The Kier molecular flexibility index (Phi) is 6.23. The molecule has 1 atom stereocenters. The van der Waals surface area contributed by atoms with Crippen molar-refractivity contribution in [2.24, 2.45) is 5.73 Å². The van der Waals surface area contributed by atoms with E-state index in [2.05, 4.69) is 9.97 Å². The normalized spacial score (nSPS) is 11.7. The smallest absolute Gasteiger partial charge is 0.243 e. The van der Waals surface area contributed by atoms with Crippen molar-refractivity contribution in [3.8, 4) is 0 Å². The Morgan fingerprint density at radius 3 is 2.58 bits per heavy atom. The number of carbonyl (C=O) groups excluding carboxylic acids is 1. The highest BCUT2D eigenvalue weighted by atomic mass is 32.1. The number of aromatic nitrogens is 2. The van der Waals surface area contributed by atoms with Gasteiger partial charge in [0.25, 0.3) is 0 Å². The maximum absolute atomic E-state index is 13.3. The van der Waals surface area contributed by atoms with E-state index in [0.717, 1.165) is 11.5 Å². The van der Waals surface area contributed by atoms with Crippen LogP contribution >= 0.6 is 13.5 Å². The van der Waals surface area contributed by atoms with Crippen LogP contribution in [0.2, 0.25) is 0 Å². The molecule has 0 saturated carbocycles. The average molecular weight is 376 g/mol. The zero-order valence-electron chi connectivity index (χ0n) is 14.0. The highest BCUT2D eigenvalue weighted by Gasteiger charge is 2.20. The number of carbonyl (C=O) groups is 1. The first-order chi connectivity index (χ1) is 11.9. The second kappa shape index (κ2) is 8.20. The number of benzene rings is 2. The fourth-order valence-corrected chi connectivity index (χ4v) is 2.62. The number of hydrogen-bond acceptors (Lipinski definition) is 4. The first kappa shape index (κ1) is 19.7. The number of likely N-dealkylation sites (N-methyl/N-ethyl adjacent to an activating group) is 1. The molecular formula is C18H18F2N4OS. The first-order valence-corrected chi connectivity index (χ1v) is 7.62. The molecule has 26 heavy (non-hydrogen) atoms. The second-order valence-electron chi connectivity index (χ2n) is 5.75. The molecule has 1 heterocycles. The van der Waals surface area contributed by atoms with E-state index < -0.39 is 17.7 Å². The fourth-order valence-electron chi connectivity index (χ4n) is 2.62. The van der Waals surface area contributed by atoms with E-state index in [9.17, 15) is 13.6 Å². The summed E-state index contributed by atoms with van der Waals surface area (Å²) in [5.74, 6) is -1.76. The summed E-state index contributed by atoms with van der Waals surface area (Å²) < 4.78 is 26.5. The van der Waals surface area contributed by atoms with Crippen LogP contribution in [0.5, 0.6) is 0 Å². The average Bonchev–Trinajstić information content (AvgIpc) is 2.59. The van der Waals surface area contributed by atoms with E-state index >= 15 is 0 Å². The van der Waals surface area contributed by atoms with E-state index in [-0.39, 0.29) is 25.8 Å². The topological polar surface area (TPSA) is 72.1 Å². The molecule has 0 spiro atoms. The Labute approximate surface area is 156 Å². The molecule has 1 aromatic heterocycles. The van der Waals surface area contributed by atoms with Gasteiger partial charge in [-0.15, -0.1) is 0 Å². The number of nitrogens with zero attached hydrogens (tertiary/aromatic N) is 3. The summed E-state index contributed by atoms with van der Waals surface area (Å²) in [6.07, 6.45) is 3.14. The quantitative estimate of drug-likeness (QED) is 0.760. The van der Waals surface area contributed by atoms with E-state index in [4.69, 9.17) is 5.73 Å². The molecule has 0 aliphatic carbocycles. The lowest BCUT2D eigenvalue weighted by atomic mass is 10.0. The molecule has 0 bridgehead atoms. The van der Waals surface area contributed by atoms with Crippen molar-refractivity contribution >= 4 is 36.0 Å². The summed E-state index contributed by atoms with van der Waals surface area (Å²) in [6, 6.07) is 7.52. The maximum Gasteiger partial charge on any atom is 0.243 e. The summed E-state index contributed by atoms with van der Waals surface area (Å²) in [5, 5.41) is 0.853. The third kappa shape index (κ3) is 4.33. The summed E-state index contributed by atoms with van der Waals surface area (Å²) >= 11 is 0. The fraction of sp³-hybridized carbons (Fsp3) is 0.167. The highest BCUT2D eigenvalue weighted by molar-refractivity contribution is 7.59. The van der Waals surface area contributed by atoms with Crippen molar-refractivity contribution in [2.75, 3.05) is 11.9 Å². The lowest BCUT2D eigenvalue weighted by Crippen LogP contribution is -2.43. The van der Waals surface area contributed by atoms with Crippen molar-refractivity contribution in [1.29, 1.82) is 0 Å². The molecule has 0 radical (unpaired) electrons. The molecule has 0 aliphatic rings. The molecule has 2 N–H and O–H groups in total. The molecule has 0 fully saturated rings. The summed E-state index contributed by atoms with van der Waals surface area (Å²) in [7, 11) is 1.59. The summed E-state index contributed by atoms with van der Waals surface area (Å²) in [5.41, 5.74) is 7.59. The molecule has 0 saturated heterocycles. The zero-order valence-corrected chi connectivity index (χ0v) is 15.0. The standard InChI is InChI=1S/C18H16F2N4O.H2S/c1-24(15-3-2-12-9-22-10-23-17(12)8-15)18(25)16(21)6-11-4-13(19)7-14(20)5-11;/h2-5,7-10,16H,6,21H2,1H3;1H2/t16-;/m0./s1. The van der Waals surface area contributed by atoms with Crippen molar-refractivity contribution in [3.63, 3.8) is 0 Å². The minimum absolute atomic E-state index is 0. The highest BCUT2D eigenvalue weighted by Crippen LogP contribution is 2.20. The van der Waals surface area contributed by atoms with Gasteiger partial charge in [0.1, 0.15) is 18.0 Å². The molecule has 5 nitrogen and oxygen atoms in total. The molecular weight excluding hydrogens is 358 g/mol. The van der Waals surface area contributed by atoms with Gasteiger partial charge in [-0.05, 0) is 42.3 Å². The van der Waals surface area contributed by atoms with Gasteiger partial charge in [0.2, 0.25) is 5.91 Å². The Hall–Kier alpha value is -2.58. The van der Waals surface area contributed by atoms with Crippen LogP contribution in [0.4, 0.5) is 14.5 Å². The van der Waals surface area contributed by atoms with Gasteiger partial charge < -0.3 is 10.6 Å². The lowest BCUT2D eigenvalue weighted by molar-refractivity contribution is -0.119. The van der Waals surface area contributed by atoms with Gasteiger partial charge in [-0.25, -0.2) is 18.7 Å². The molecule has 136 valence electrons. The summed E-state index contributed by atoms with van der Waals surface area (Å²) in [6.45, 7) is 0. The van der Waals surface area contributed by atoms with E-state index in [0.29, 0.717) is 16.8 Å². The van der Waals surface area contributed by atoms with Crippen LogP contribution in [-0.2, 0) is 11.2 Å². The Bertz CT molecular complexity index is 918. The number of fused-ring (bicyclic) bond motifs is 1. The first-order valence-electron chi connectivity index (χ1n) is 7.62. The number of amides is 1. The molecule has 0 unspecified atom stereocenters. The Morgan fingerprint density at radius 1 is 1.19 bits per heavy atom. The predicted molar refractivity (Wildman–Crippen MR) is 101 cm³/mol. The van der Waals surface area contributed by atoms with Crippen LogP contribution in [0.1, 0.15) is 5.56 Å². The third-order valence-corrected chi connectivity index (χ3v) is 3.90. The largest absolute Gasteiger partial charge is 0.320 e. The maximum atomic E-state index is 13.3. The monoisotopic (exact) mass is 376 g/mol. The molecule has 1 amide bonds. The molecule has 3 rings (SSSR count). The molecule has 3 aromatic rings. The molecule has 0 aliphatic heterocycles. The minimum atomic E-state index is -0.924. The van der Waals surface area contributed by atoms with Crippen LogP contribution in [-0.4, -0.2) is 29.0 Å². The van der Waals surface area contributed by atoms with Gasteiger partial charge in [-0.3, -0.25) is 4.79 Å². The Morgan fingerprint density at radius 2 is 1.88 bits per heavy atom.